The Morgan fingerprint density at radius 1 is 0.377 bits per heavy atom. The van der Waals surface area contributed by atoms with Crippen LogP contribution in [0.5, 0.6) is 0 Å². The van der Waals surface area contributed by atoms with Crippen LogP contribution in [0.3, 0.4) is 0 Å². The zero-order valence-corrected chi connectivity index (χ0v) is 33.6. The predicted octanol–water partition coefficient (Wildman–Crippen LogP) is 8.61. The van der Waals surface area contributed by atoms with Gasteiger partial charge in [-0.1, -0.05) is 103 Å². The van der Waals surface area contributed by atoms with Gasteiger partial charge in [-0.25, -0.2) is 45.5 Å². The summed E-state index contributed by atoms with van der Waals surface area (Å²) >= 11 is 0. The van der Waals surface area contributed by atoms with Crippen LogP contribution in [-0.4, -0.2) is 41.0 Å². The molecule has 0 saturated heterocycles. The number of urea groups is 4. The molecule has 18 heteroatoms. The van der Waals surface area contributed by atoms with Gasteiger partial charge in [0.15, 0.2) is 0 Å². The first-order valence-corrected chi connectivity index (χ1v) is 21.3. The van der Waals surface area contributed by atoms with Crippen molar-refractivity contribution < 1.29 is 36.0 Å². The summed E-state index contributed by atoms with van der Waals surface area (Å²) in [5.41, 5.74) is 1.34. The van der Waals surface area contributed by atoms with Crippen molar-refractivity contribution in [2.75, 3.05) is 31.9 Å². The van der Waals surface area contributed by atoms with E-state index in [0.717, 1.165) is 21.5 Å². The molecule has 8 amide bonds. The van der Waals surface area contributed by atoms with Crippen molar-refractivity contribution in [2.45, 2.75) is 16.7 Å². The first kappa shape index (κ1) is 41.2. The Bertz CT molecular complexity index is 3080. The van der Waals surface area contributed by atoms with Crippen LogP contribution in [0.25, 0.3) is 21.5 Å². The fraction of sp³-hybridized carbons (Fsp3) is 0.0233. The minimum atomic E-state index is -4.57. The fourth-order valence-corrected chi connectivity index (χ4v) is 8.46. The van der Waals surface area contributed by atoms with Gasteiger partial charge in [0.25, 0.3) is 20.0 Å². The maximum atomic E-state index is 13.4. The second kappa shape index (κ2) is 17.5. The molecular weight excluding hydrogens is 821 g/mol. The monoisotopic (exact) mass is 856 g/mol. The summed E-state index contributed by atoms with van der Waals surface area (Å²) in [7, 11) is -9.13. The van der Waals surface area contributed by atoms with Crippen LogP contribution in [0.1, 0.15) is 5.56 Å². The van der Waals surface area contributed by atoms with E-state index < -0.39 is 54.0 Å². The Morgan fingerprint density at radius 2 is 0.754 bits per heavy atom. The van der Waals surface area contributed by atoms with Crippen LogP contribution < -0.4 is 41.3 Å². The normalized spacial score (nSPS) is 11.2. The van der Waals surface area contributed by atoms with E-state index in [0.29, 0.717) is 16.9 Å². The van der Waals surface area contributed by atoms with Crippen molar-refractivity contribution in [2.24, 2.45) is 0 Å². The molecule has 0 fully saturated rings. The van der Waals surface area contributed by atoms with Crippen LogP contribution >= 0.6 is 0 Å². The maximum Gasteiger partial charge on any atom is 0.333 e. The zero-order chi connectivity index (χ0) is 43.1. The van der Waals surface area contributed by atoms with Gasteiger partial charge in [-0.05, 0) is 71.8 Å². The van der Waals surface area contributed by atoms with Crippen molar-refractivity contribution in [3.8, 4) is 0 Å². The van der Waals surface area contributed by atoms with E-state index in [1.165, 1.54) is 66.7 Å². The predicted molar refractivity (Wildman–Crippen MR) is 236 cm³/mol. The molecule has 0 heterocycles. The van der Waals surface area contributed by atoms with Crippen LogP contribution in [0.2, 0.25) is 0 Å². The summed E-state index contributed by atoms with van der Waals surface area (Å²) < 4.78 is 57.5. The molecule has 0 aliphatic rings. The average molecular weight is 857 g/mol. The Balaban J connectivity index is 0.978. The lowest BCUT2D eigenvalue weighted by Crippen LogP contribution is -2.35. The number of amides is 8. The number of para-hydroxylation sites is 2. The molecule has 0 aliphatic carbocycles. The lowest BCUT2D eigenvalue weighted by atomic mass is 10.1. The average Bonchev–Trinajstić information content (AvgIpc) is 3.22. The summed E-state index contributed by atoms with van der Waals surface area (Å²) in [6, 6.07) is 36.9. The quantitative estimate of drug-likeness (QED) is 0.0662. The smallest absolute Gasteiger partial charge is 0.307 e. The molecule has 308 valence electrons. The Kier molecular flexibility index (Phi) is 11.8. The SMILES string of the molecule is Cc1ccc(NC(=O)NS(=O)(=O)c2ccccc2NC(=O)Nc2cccc3ccccc23)cc1NC(=O)NS(=O)(=O)c1ccccc1NC(=O)Nc1cccc2ccccc12. The summed E-state index contributed by atoms with van der Waals surface area (Å²) in [5.74, 6) is 0. The minimum Gasteiger partial charge on any atom is -0.307 e. The third-order valence-electron chi connectivity index (χ3n) is 9.12. The van der Waals surface area contributed by atoms with E-state index in [4.69, 9.17) is 0 Å². The van der Waals surface area contributed by atoms with Gasteiger partial charge in [-0.3, -0.25) is 0 Å². The summed E-state index contributed by atoms with van der Waals surface area (Å²) in [4.78, 5) is 51.3. The highest BCUT2D eigenvalue weighted by Gasteiger charge is 2.25. The van der Waals surface area contributed by atoms with E-state index in [1.807, 2.05) is 70.1 Å². The molecule has 16 nitrogen and oxygen atoms in total. The summed E-state index contributed by atoms with van der Waals surface area (Å²) in [5, 5.41) is 18.6. The van der Waals surface area contributed by atoms with Crippen LogP contribution in [0.15, 0.2) is 161 Å². The number of fused-ring (bicyclic) bond motifs is 2. The molecule has 0 unspecified atom stereocenters. The van der Waals surface area contributed by atoms with Gasteiger partial charge in [-0.15, -0.1) is 0 Å². The largest absolute Gasteiger partial charge is 0.333 e. The van der Waals surface area contributed by atoms with E-state index in [2.05, 4.69) is 31.9 Å². The summed E-state index contributed by atoms with van der Waals surface area (Å²) in [6.45, 7) is 1.60. The van der Waals surface area contributed by atoms with Gasteiger partial charge in [-0.2, -0.15) is 0 Å². The molecule has 7 aromatic rings. The third-order valence-corrected chi connectivity index (χ3v) is 11.9. The van der Waals surface area contributed by atoms with Crippen molar-refractivity contribution in [3.63, 3.8) is 0 Å². The Labute approximate surface area is 349 Å². The van der Waals surface area contributed by atoms with Crippen molar-refractivity contribution in [1.82, 2.24) is 9.44 Å². The maximum absolute atomic E-state index is 13.4. The number of rotatable bonds is 10. The van der Waals surface area contributed by atoms with Crippen LogP contribution in [0.4, 0.5) is 53.3 Å². The number of anilines is 6. The third kappa shape index (κ3) is 9.85. The number of aryl methyl sites for hydroxylation is 1. The number of hydrogen-bond acceptors (Lipinski definition) is 8. The molecule has 61 heavy (non-hydrogen) atoms. The van der Waals surface area contributed by atoms with Crippen LogP contribution in [-0.2, 0) is 20.0 Å². The van der Waals surface area contributed by atoms with Gasteiger partial charge in [0.1, 0.15) is 9.79 Å². The number of hydrogen-bond donors (Lipinski definition) is 8. The van der Waals surface area contributed by atoms with E-state index in [9.17, 15) is 36.0 Å². The molecule has 0 saturated carbocycles. The van der Waals surface area contributed by atoms with Gasteiger partial charge in [0.05, 0.1) is 22.7 Å². The van der Waals surface area contributed by atoms with Crippen molar-refractivity contribution in [3.05, 3.63) is 157 Å². The molecule has 0 aromatic heterocycles. The molecule has 0 aliphatic heterocycles. The number of carbonyl (C=O) groups is 4. The fourth-order valence-electron chi connectivity index (χ4n) is 6.32. The topological polar surface area (TPSA) is 233 Å². The molecule has 8 N–H and O–H groups in total. The van der Waals surface area contributed by atoms with E-state index >= 15 is 0 Å². The molecule has 0 bridgehead atoms. The van der Waals surface area contributed by atoms with Crippen molar-refractivity contribution >= 4 is 99.8 Å². The standard InChI is InChI=1S/C43H36N8O8S2/c1-27-24-25-30(44-42(54)50-60(56,57)38-22-8-6-18-35(38)47-40(52)45-33-20-10-14-28-12-2-4-16-31(28)33)26-37(27)49-43(55)51-61(58,59)39-23-9-7-19-36(39)48-41(53)46-34-21-11-15-29-13-3-5-17-32(29)34/h2-26H,1H3,(H2,44,50,54)(H2,45,47,52)(H2,46,48,53)(H2,49,51,55). The highest BCUT2D eigenvalue weighted by atomic mass is 32.2. The molecule has 0 spiro atoms. The highest BCUT2D eigenvalue weighted by molar-refractivity contribution is 7.90. The first-order chi connectivity index (χ1) is 29.3. The zero-order valence-electron chi connectivity index (χ0n) is 32.0. The van der Waals surface area contributed by atoms with Gasteiger partial charge < -0.3 is 31.9 Å². The Hall–Kier alpha value is -7.96. The summed E-state index contributed by atoms with van der Waals surface area (Å²) in [6.07, 6.45) is 0. The Morgan fingerprint density at radius 3 is 1.26 bits per heavy atom. The molecule has 0 atom stereocenters. The lowest BCUT2D eigenvalue weighted by molar-refractivity contribution is 0.255. The van der Waals surface area contributed by atoms with Gasteiger partial charge >= 0.3 is 24.1 Å². The number of carbonyl (C=O) groups excluding carboxylic acids is 4. The highest BCUT2D eigenvalue weighted by Crippen LogP contribution is 2.27. The van der Waals surface area contributed by atoms with E-state index in [1.54, 1.807) is 31.2 Å². The number of benzene rings is 7. The molecular formula is C43H36N8O8S2. The second-order valence-corrected chi connectivity index (χ2v) is 16.7. The molecule has 7 rings (SSSR count). The molecule has 0 radical (unpaired) electrons. The first-order valence-electron chi connectivity index (χ1n) is 18.3. The molecule has 7 aromatic carbocycles. The van der Waals surface area contributed by atoms with Gasteiger partial charge in [0.2, 0.25) is 0 Å². The number of sulfonamides is 2. The minimum absolute atomic E-state index is 0.0316. The van der Waals surface area contributed by atoms with E-state index in [-0.39, 0.29) is 22.7 Å². The second-order valence-electron chi connectivity index (χ2n) is 13.4. The number of nitrogens with one attached hydrogen (secondary N) is 8. The van der Waals surface area contributed by atoms with Gasteiger partial charge in [0, 0.05) is 22.1 Å². The lowest BCUT2D eigenvalue weighted by Gasteiger charge is -2.16. The van der Waals surface area contributed by atoms with Crippen molar-refractivity contribution in [1.29, 1.82) is 0 Å². The van der Waals surface area contributed by atoms with Crippen LogP contribution in [0, 0.1) is 6.92 Å².